The van der Waals surface area contributed by atoms with E-state index in [1.54, 1.807) is 38.3 Å². The molecule has 2 aromatic rings. The minimum absolute atomic E-state index is 0.251. The molecule has 0 unspecified atom stereocenters. The summed E-state index contributed by atoms with van der Waals surface area (Å²) in [4.78, 5) is 12.9. The van der Waals surface area contributed by atoms with Gasteiger partial charge >= 0.3 is 0 Å². The summed E-state index contributed by atoms with van der Waals surface area (Å²) in [7, 11) is 1.58. The molecule has 0 spiro atoms. The van der Waals surface area contributed by atoms with E-state index >= 15 is 0 Å². The molecule has 1 aliphatic heterocycles. The first-order valence-electron chi connectivity index (χ1n) is 8.31. The first kappa shape index (κ1) is 19.3. The maximum absolute atomic E-state index is 12.9. The lowest BCUT2D eigenvalue weighted by Crippen LogP contribution is -2.21. The number of amides is 1. The monoisotopic (exact) mass is 404 g/mol. The van der Waals surface area contributed by atoms with E-state index in [9.17, 15) is 4.79 Å². The third-order valence-corrected chi connectivity index (χ3v) is 4.39. The molecule has 3 rings (SSSR count). The largest absolute Gasteiger partial charge is 0.493 e. The Balaban J connectivity index is 1.94. The van der Waals surface area contributed by atoms with E-state index in [4.69, 9.17) is 32.7 Å². The molecule has 1 amide bonds. The lowest BCUT2D eigenvalue weighted by atomic mass is 10.1. The highest BCUT2D eigenvalue weighted by Crippen LogP contribution is 2.32. The van der Waals surface area contributed by atoms with Crippen LogP contribution in [0.5, 0.6) is 11.5 Å². The van der Waals surface area contributed by atoms with E-state index < -0.39 is 0 Å². The van der Waals surface area contributed by atoms with Gasteiger partial charge in [0.25, 0.3) is 5.91 Å². The van der Waals surface area contributed by atoms with Gasteiger partial charge in [0.1, 0.15) is 0 Å². The predicted molar refractivity (Wildman–Crippen MR) is 109 cm³/mol. The average molecular weight is 405 g/mol. The molecule has 0 bridgehead atoms. The molecule has 2 aromatic carbocycles. The fourth-order valence-corrected chi connectivity index (χ4v) is 3.25. The molecule has 0 fully saturated rings. The van der Waals surface area contributed by atoms with E-state index in [-0.39, 0.29) is 5.91 Å². The summed E-state index contributed by atoms with van der Waals surface area (Å²) in [5.41, 5.74) is 2.41. The summed E-state index contributed by atoms with van der Waals surface area (Å²) in [5.74, 6) is 1.00. The van der Waals surface area contributed by atoms with E-state index in [1.807, 2.05) is 25.1 Å². The summed E-state index contributed by atoms with van der Waals surface area (Å²) in [5, 5.41) is 6.52. The molecule has 1 aliphatic rings. The molecule has 0 saturated heterocycles. The second-order valence-electron chi connectivity index (χ2n) is 5.83. The maximum Gasteiger partial charge on any atom is 0.280 e. The van der Waals surface area contributed by atoms with Gasteiger partial charge in [-0.05, 0) is 55.8 Å². The number of carbonyl (C=O) groups excluding carboxylic acids is 1. The molecular weight excluding hydrogens is 387 g/mol. The van der Waals surface area contributed by atoms with Crippen LogP contribution in [0.4, 0.5) is 5.69 Å². The van der Waals surface area contributed by atoms with Crippen LogP contribution in [0, 0.1) is 0 Å². The van der Waals surface area contributed by atoms with Crippen molar-refractivity contribution in [3.05, 3.63) is 57.6 Å². The Hall–Kier alpha value is -2.50. The molecule has 27 heavy (non-hydrogen) atoms. The van der Waals surface area contributed by atoms with Crippen molar-refractivity contribution in [2.24, 2.45) is 5.10 Å². The number of methoxy groups -OCH3 is 1. The van der Waals surface area contributed by atoms with Crippen molar-refractivity contribution in [2.45, 2.75) is 13.8 Å². The van der Waals surface area contributed by atoms with Gasteiger partial charge in [0.05, 0.1) is 30.7 Å². The van der Waals surface area contributed by atoms with Crippen molar-refractivity contribution < 1.29 is 14.3 Å². The Morgan fingerprint density at radius 1 is 1.11 bits per heavy atom. The molecule has 140 valence electrons. The van der Waals surface area contributed by atoms with E-state index in [2.05, 4.69) is 5.10 Å². The quantitative estimate of drug-likeness (QED) is 0.642. The number of hydrogen-bond acceptors (Lipinski definition) is 4. The SMILES string of the molecule is CCOc1ccc(/C=C2\C(=O)N(c3cc(Cl)cc(Cl)c3)N=C2C)cc1OC. The molecule has 0 aromatic heterocycles. The maximum atomic E-state index is 12.9. The van der Waals surface area contributed by atoms with Gasteiger partial charge in [-0.25, -0.2) is 0 Å². The first-order valence-corrected chi connectivity index (χ1v) is 9.07. The van der Waals surface area contributed by atoms with Crippen LogP contribution in [-0.4, -0.2) is 25.3 Å². The summed E-state index contributed by atoms with van der Waals surface area (Å²) in [6, 6.07) is 10.4. The van der Waals surface area contributed by atoms with Crippen LogP contribution in [0.1, 0.15) is 19.4 Å². The number of rotatable bonds is 5. The van der Waals surface area contributed by atoms with Crippen LogP contribution < -0.4 is 14.5 Å². The number of hydrazone groups is 1. The smallest absolute Gasteiger partial charge is 0.280 e. The average Bonchev–Trinajstić information content (AvgIpc) is 2.90. The number of halogens is 2. The van der Waals surface area contributed by atoms with Gasteiger partial charge in [-0.1, -0.05) is 29.3 Å². The molecule has 5 nitrogen and oxygen atoms in total. The highest BCUT2D eigenvalue weighted by Gasteiger charge is 2.29. The van der Waals surface area contributed by atoms with Crippen molar-refractivity contribution in [1.29, 1.82) is 0 Å². The van der Waals surface area contributed by atoms with Crippen molar-refractivity contribution in [3.63, 3.8) is 0 Å². The summed E-state index contributed by atoms with van der Waals surface area (Å²) < 4.78 is 10.9. The highest BCUT2D eigenvalue weighted by atomic mass is 35.5. The topological polar surface area (TPSA) is 51.1 Å². The molecule has 0 aliphatic carbocycles. The van der Waals surface area contributed by atoms with Crippen molar-refractivity contribution in [1.82, 2.24) is 0 Å². The number of benzene rings is 2. The third-order valence-electron chi connectivity index (χ3n) is 3.95. The van der Waals surface area contributed by atoms with Crippen LogP contribution in [0.25, 0.3) is 6.08 Å². The van der Waals surface area contributed by atoms with Gasteiger partial charge in [-0.2, -0.15) is 10.1 Å². The first-order chi connectivity index (χ1) is 12.9. The number of hydrogen-bond donors (Lipinski definition) is 0. The zero-order chi connectivity index (χ0) is 19.6. The summed E-state index contributed by atoms with van der Waals surface area (Å²) in [6.07, 6.45) is 1.77. The lowest BCUT2D eigenvalue weighted by molar-refractivity contribution is -0.114. The van der Waals surface area contributed by atoms with Crippen molar-refractivity contribution in [2.75, 3.05) is 18.7 Å². The van der Waals surface area contributed by atoms with Crippen molar-refractivity contribution in [3.8, 4) is 11.5 Å². The second-order valence-corrected chi connectivity index (χ2v) is 6.70. The van der Waals surface area contributed by atoms with Gasteiger partial charge in [-0.3, -0.25) is 4.79 Å². The van der Waals surface area contributed by atoms with Crippen LogP contribution in [0.2, 0.25) is 10.0 Å². The minimum atomic E-state index is -0.251. The number of ether oxygens (including phenoxy) is 2. The van der Waals surface area contributed by atoms with E-state index in [0.29, 0.717) is 45.1 Å². The molecule has 0 saturated carbocycles. The second kappa shape index (κ2) is 8.03. The van der Waals surface area contributed by atoms with Crippen LogP contribution in [0.15, 0.2) is 47.1 Å². The fourth-order valence-electron chi connectivity index (χ4n) is 2.74. The van der Waals surface area contributed by atoms with Gasteiger partial charge in [0, 0.05) is 10.0 Å². The van der Waals surface area contributed by atoms with Gasteiger partial charge in [0.15, 0.2) is 11.5 Å². The molecule has 0 N–H and O–H groups in total. The normalized spacial score (nSPS) is 15.3. The fraction of sp³-hybridized carbons (Fsp3) is 0.200. The highest BCUT2D eigenvalue weighted by molar-refractivity contribution is 6.36. The van der Waals surface area contributed by atoms with Crippen LogP contribution >= 0.6 is 23.2 Å². The van der Waals surface area contributed by atoms with Crippen LogP contribution in [-0.2, 0) is 4.79 Å². The molecule has 0 atom stereocenters. The molecule has 0 radical (unpaired) electrons. The Bertz CT molecular complexity index is 934. The van der Waals surface area contributed by atoms with Gasteiger partial charge in [0.2, 0.25) is 0 Å². The van der Waals surface area contributed by atoms with Crippen LogP contribution in [0.3, 0.4) is 0 Å². The van der Waals surface area contributed by atoms with Gasteiger partial charge < -0.3 is 9.47 Å². The Morgan fingerprint density at radius 3 is 2.44 bits per heavy atom. The summed E-state index contributed by atoms with van der Waals surface area (Å²) >= 11 is 12.1. The molecule has 7 heteroatoms. The van der Waals surface area contributed by atoms with Crippen molar-refractivity contribution >= 4 is 46.6 Å². The Kier molecular flexibility index (Phi) is 5.73. The predicted octanol–water partition coefficient (Wildman–Crippen LogP) is 5.21. The lowest BCUT2D eigenvalue weighted by Gasteiger charge is -2.12. The molecular formula is C20H18Cl2N2O3. The van der Waals surface area contributed by atoms with E-state index in [0.717, 1.165) is 5.56 Å². The zero-order valence-corrected chi connectivity index (χ0v) is 16.6. The standard InChI is InChI=1S/C20H18Cl2N2O3/c1-4-27-18-6-5-13(8-19(18)26-3)7-17-12(2)23-24(20(17)25)16-10-14(21)9-15(22)11-16/h5-11H,4H2,1-3H3/b17-7-. The van der Waals surface area contributed by atoms with Gasteiger partial charge in [-0.15, -0.1) is 0 Å². The third kappa shape index (κ3) is 4.10. The summed E-state index contributed by atoms with van der Waals surface area (Å²) in [6.45, 7) is 4.23. The zero-order valence-electron chi connectivity index (χ0n) is 15.1. The van der Waals surface area contributed by atoms with E-state index in [1.165, 1.54) is 5.01 Å². The number of carbonyl (C=O) groups is 1. The number of nitrogens with zero attached hydrogens (tertiary/aromatic N) is 2. The Morgan fingerprint density at radius 2 is 1.81 bits per heavy atom. The molecule has 1 heterocycles. The minimum Gasteiger partial charge on any atom is -0.493 e. The number of anilines is 1. The Labute approximate surface area is 167 Å².